The number of carboxylic acids is 1. The van der Waals surface area contributed by atoms with Crippen LogP contribution in [0.5, 0.6) is 11.5 Å². The first-order valence-electron chi connectivity index (χ1n) is 7.24. The van der Waals surface area contributed by atoms with E-state index in [2.05, 4.69) is 10.3 Å². The van der Waals surface area contributed by atoms with Crippen molar-refractivity contribution in [1.29, 1.82) is 0 Å². The molecule has 0 fully saturated rings. The molecule has 0 spiro atoms. The van der Waals surface area contributed by atoms with Gasteiger partial charge in [0.25, 0.3) is 0 Å². The maximum absolute atomic E-state index is 12.9. The van der Waals surface area contributed by atoms with E-state index in [4.69, 9.17) is 14.6 Å². The standard InChI is InChI=1S/C15H15F3N2O4S/c1-3-23-9-6-5-8(7-10(9)24-4-2)19-14-20-12(15(16,17)18)11(25-14)13(21)22/h5-7H,3-4H2,1-2H3,(H,19,20)(H,21,22). The van der Waals surface area contributed by atoms with E-state index in [-0.39, 0.29) is 5.13 Å². The zero-order chi connectivity index (χ0) is 18.6. The monoisotopic (exact) mass is 376 g/mol. The van der Waals surface area contributed by atoms with Gasteiger partial charge in [-0.2, -0.15) is 13.2 Å². The van der Waals surface area contributed by atoms with Gasteiger partial charge in [-0.3, -0.25) is 0 Å². The predicted molar refractivity (Wildman–Crippen MR) is 86.1 cm³/mol. The van der Waals surface area contributed by atoms with Crippen LogP contribution in [0, 0.1) is 0 Å². The average Bonchev–Trinajstić information content (AvgIpc) is 2.95. The molecule has 0 aliphatic carbocycles. The molecule has 0 aliphatic heterocycles. The van der Waals surface area contributed by atoms with Crippen molar-refractivity contribution in [1.82, 2.24) is 4.98 Å². The highest BCUT2D eigenvalue weighted by Gasteiger charge is 2.39. The third-order valence-corrected chi connectivity index (χ3v) is 3.84. The van der Waals surface area contributed by atoms with Gasteiger partial charge >= 0.3 is 12.1 Å². The fourth-order valence-electron chi connectivity index (χ4n) is 1.96. The van der Waals surface area contributed by atoms with Gasteiger partial charge in [0.1, 0.15) is 4.88 Å². The van der Waals surface area contributed by atoms with Crippen LogP contribution in [-0.4, -0.2) is 29.3 Å². The van der Waals surface area contributed by atoms with Gasteiger partial charge < -0.3 is 19.9 Å². The average molecular weight is 376 g/mol. The molecule has 1 heterocycles. The number of carboxylic acid groups (broad SMARTS) is 1. The fourth-order valence-corrected chi connectivity index (χ4v) is 2.81. The number of nitrogens with zero attached hydrogens (tertiary/aromatic N) is 1. The molecule has 1 aromatic carbocycles. The highest BCUT2D eigenvalue weighted by atomic mass is 32.1. The fraction of sp³-hybridized carbons (Fsp3) is 0.333. The minimum atomic E-state index is -4.85. The first kappa shape index (κ1) is 18.8. The number of ether oxygens (including phenoxy) is 2. The van der Waals surface area contributed by atoms with Crippen LogP contribution in [0.2, 0.25) is 0 Å². The quantitative estimate of drug-likeness (QED) is 0.745. The van der Waals surface area contributed by atoms with Crippen LogP contribution >= 0.6 is 11.3 Å². The summed E-state index contributed by atoms with van der Waals surface area (Å²) in [7, 11) is 0. The van der Waals surface area contributed by atoms with E-state index in [0.717, 1.165) is 0 Å². The van der Waals surface area contributed by atoms with Gasteiger partial charge in [0.2, 0.25) is 0 Å². The van der Waals surface area contributed by atoms with E-state index >= 15 is 0 Å². The molecule has 0 aliphatic rings. The highest BCUT2D eigenvalue weighted by Crippen LogP contribution is 2.38. The zero-order valence-corrected chi connectivity index (χ0v) is 14.1. The van der Waals surface area contributed by atoms with Crippen molar-refractivity contribution in [3.8, 4) is 11.5 Å². The van der Waals surface area contributed by atoms with Gasteiger partial charge in [-0.15, -0.1) is 0 Å². The molecule has 0 radical (unpaired) electrons. The Kier molecular flexibility index (Phi) is 5.73. The summed E-state index contributed by atoms with van der Waals surface area (Å²) < 4.78 is 49.5. The molecule has 10 heteroatoms. The summed E-state index contributed by atoms with van der Waals surface area (Å²) in [6.07, 6.45) is -4.85. The minimum absolute atomic E-state index is 0.184. The van der Waals surface area contributed by atoms with E-state index in [1.54, 1.807) is 25.1 Å². The van der Waals surface area contributed by atoms with E-state index in [9.17, 15) is 18.0 Å². The lowest BCUT2D eigenvalue weighted by Crippen LogP contribution is -2.11. The summed E-state index contributed by atoms with van der Waals surface area (Å²) in [5.41, 5.74) is -1.03. The van der Waals surface area contributed by atoms with Crippen molar-refractivity contribution < 1.29 is 32.5 Å². The second kappa shape index (κ2) is 7.60. The Morgan fingerprint density at radius 1 is 1.24 bits per heavy atom. The number of aromatic nitrogens is 1. The molecule has 0 saturated carbocycles. The van der Waals surface area contributed by atoms with Crippen LogP contribution in [0.4, 0.5) is 24.0 Å². The number of halogens is 3. The maximum Gasteiger partial charge on any atom is 0.435 e. The summed E-state index contributed by atoms with van der Waals surface area (Å²) in [5, 5.41) is 11.4. The molecule has 0 atom stereocenters. The third-order valence-electron chi connectivity index (χ3n) is 2.88. The molecule has 25 heavy (non-hydrogen) atoms. The van der Waals surface area contributed by atoms with Gasteiger partial charge in [-0.1, -0.05) is 11.3 Å². The molecule has 2 N–H and O–H groups in total. The zero-order valence-electron chi connectivity index (χ0n) is 13.3. The number of anilines is 2. The van der Waals surface area contributed by atoms with Crippen molar-refractivity contribution in [2.24, 2.45) is 0 Å². The molecular formula is C15H15F3N2O4S. The minimum Gasteiger partial charge on any atom is -0.490 e. The molecule has 0 bridgehead atoms. The largest absolute Gasteiger partial charge is 0.490 e. The number of benzene rings is 1. The van der Waals surface area contributed by atoms with Crippen LogP contribution in [-0.2, 0) is 6.18 Å². The van der Waals surface area contributed by atoms with Crippen LogP contribution < -0.4 is 14.8 Å². The molecule has 2 rings (SSSR count). The molecule has 6 nitrogen and oxygen atoms in total. The number of thiazole rings is 1. The van der Waals surface area contributed by atoms with Gasteiger partial charge in [-0.05, 0) is 26.0 Å². The van der Waals surface area contributed by atoms with E-state index in [1.807, 2.05) is 6.92 Å². The third kappa shape index (κ3) is 4.53. The Balaban J connectivity index is 2.33. The van der Waals surface area contributed by atoms with Crippen molar-refractivity contribution in [3.05, 3.63) is 28.8 Å². The Morgan fingerprint density at radius 2 is 1.88 bits per heavy atom. The smallest absolute Gasteiger partial charge is 0.435 e. The van der Waals surface area contributed by atoms with Crippen molar-refractivity contribution >= 4 is 28.1 Å². The first-order chi connectivity index (χ1) is 11.8. The van der Waals surface area contributed by atoms with Gasteiger partial charge in [0.05, 0.1) is 13.2 Å². The van der Waals surface area contributed by atoms with E-state index < -0.39 is 22.7 Å². The molecule has 136 valence electrons. The first-order valence-corrected chi connectivity index (χ1v) is 8.05. The normalized spacial score (nSPS) is 11.2. The molecule has 0 amide bonds. The summed E-state index contributed by atoms with van der Waals surface area (Å²) in [4.78, 5) is 13.5. The maximum atomic E-state index is 12.9. The molecule has 2 aromatic rings. The molecule has 1 aromatic heterocycles. The second-order valence-corrected chi connectivity index (χ2v) is 5.65. The van der Waals surface area contributed by atoms with Gasteiger partial charge in [0, 0.05) is 11.8 Å². The predicted octanol–water partition coefficient (Wildman–Crippen LogP) is 4.40. The number of hydrogen-bond acceptors (Lipinski definition) is 6. The lowest BCUT2D eigenvalue weighted by molar-refractivity contribution is -0.141. The van der Waals surface area contributed by atoms with Crippen molar-refractivity contribution in [2.75, 3.05) is 18.5 Å². The van der Waals surface area contributed by atoms with Crippen LogP contribution in [0.15, 0.2) is 18.2 Å². The lowest BCUT2D eigenvalue weighted by atomic mass is 10.2. The number of aromatic carboxylic acids is 1. The number of rotatable bonds is 7. The number of carbonyl (C=O) groups is 1. The number of hydrogen-bond donors (Lipinski definition) is 2. The summed E-state index contributed by atoms with van der Waals surface area (Å²) in [5.74, 6) is -0.767. The Labute approximate surface area is 145 Å². The summed E-state index contributed by atoms with van der Waals surface area (Å²) >= 11 is 0.409. The second-order valence-electron chi connectivity index (χ2n) is 4.65. The summed E-state index contributed by atoms with van der Waals surface area (Å²) in [6.45, 7) is 4.40. The Hall–Kier alpha value is -2.49. The molecule has 0 unspecified atom stereocenters. The van der Waals surface area contributed by atoms with E-state index in [0.29, 0.717) is 41.7 Å². The number of alkyl halides is 3. The van der Waals surface area contributed by atoms with Gasteiger partial charge in [0.15, 0.2) is 22.3 Å². The van der Waals surface area contributed by atoms with Crippen molar-refractivity contribution in [2.45, 2.75) is 20.0 Å². The SMILES string of the molecule is CCOc1ccc(Nc2nc(C(F)(F)F)c(C(=O)O)s2)cc1OCC. The molecular weight excluding hydrogens is 361 g/mol. The van der Waals surface area contributed by atoms with Crippen molar-refractivity contribution in [3.63, 3.8) is 0 Å². The summed E-state index contributed by atoms with van der Waals surface area (Å²) in [6, 6.07) is 4.72. The Bertz CT molecular complexity index is 762. The number of nitrogens with one attached hydrogen (secondary N) is 1. The van der Waals surface area contributed by atoms with Gasteiger partial charge in [-0.25, -0.2) is 9.78 Å². The topological polar surface area (TPSA) is 80.7 Å². The van der Waals surface area contributed by atoms with Crippen LogP contribution in [0.25, 0.3) is 0 Å². The Morgan fingerprint density at radius 3 is 2.40 bits per heavy atom. The van der Waals surface area contributed by atoms with Crippen LogP contribution in [0.1, 0.15) is 29.2 Å². The highest BCUT2D eigenvalue weighted by molar-refractivity contribution is 7.17. The van der Waals surface area contributed by atoms with Crippen LogP contribution in [0.3, 0.4) is 0 Å². The lowest BCUT2D eigenvalue weighted by Gasteiger charge is -2.12. The van der Waals surface area contributed by atoms with E-state index in [1.165, 1.54) is 0 Å². The molecule has 0 saturated heterocycles.